The van der Waals surface area contributed by atoms with Crippen LogP contribution in [-0.2, 0) is 0 Å². The first kappa shape index (κ1) is 7.17. The van der Waals surface area contributed by atoms with Gasteiger partial charge in [0.15, 0.2) is 0 Å². The van der Waals surface area contributed by atoms with Gasteiger partial charge in [-0.05, 0) is 17.7 Å². The van der Waals surface area contributed by atoms with Crippen molar-refractivity contribution in [3.63, 3.8) is 0 Å². The van der Waals surface area contributed by atoms with E-state index in [-0.39, 0.29) is 0 Å². The van der Waals surface area contributed by atoms with Gasteiger partial charge in [0.1, 0.15) is 5.75 Å². The monoisotopic (exact) mass is 158 g/mol. The van der Waals surface area contributed by atoms with E-state index in [1.54, 1.807) is 6.07 Å². The molecule has 0 bridgehead atoms. The molecule has 1 heteroatoms. The maximum absolute atomic E-state index is 9.50. The zero-order valence-corrected chi connectivity index (χ0v) is 6.70. The molecule has 0 spiro atoms. The van der Waals surface area contributed by atoms with Crippen molar-refractivity contribution in [1.82, 2.24) is 0 Å². The van der Waals surface area contributed by atoms with Gasteiger partial charge in [0.2, 0.25) is 0 Å². The third kappa shape index (κ3) is 1.14. The molecule has 0 fully saturated rings. The summed E-state index contributed by atoms with van der Waals surface area (Å²) < 4.78 is 0. The summed E-state index contributed by atoms with van der Waals surface area (Å²) in [5.41, 5.74) is 0. The predicted octanol–water partition coefficient (Wildman–Crippen LogP) is 0.913. The van der Waals surface area contributed by atoms with Crippen molar-refractivity contribution < 1.29 is 5.11 Å². The van der Waals surface area contributed by atoms with Crippen LogP contribution in [-0.4, -0.2) is 5.11 Å². The Kier molecular flexibility index (Phi) is 1.71. The first-order valence-electron chi connectivity index (χ1n) is 4.03. The Morgan fingerprint density at radius 1 is 1.25 bits per heavy atom. The molecule has 1 aliphatic carbocycles. The van der Waals surface area contributed by atoms with Gasteiger partial charge >= 0.3 is 0 Å². The Morgan fingerprint density at radius 2 is 2.17 bits per heavy atom. The van der Waals surface area contributed by atoms with E-state index in [2.05, 4.69) is 6.08 Å². The average Bonchev–Trinajstić information content (AvgIpc) is 2.30. The topological polar surface area (TPSA) is 20.2 Å². The van der Waals surface area contributed by atoms with Crippen LogP contribution >= 0.6 is 0 Å². The van der Waals surface area contributed by atoms with E-state index < -0.39 is 0 Å². The minimum absolute atomic E-state index is 0.368. The van der Waals surface area contributed by atoms with Crippen molar-refractivity contribution >= 4 is 12.2 Å². The third-order valence-electron chi connectivity index (χ3n) is 1.99. The summed E-state index contributed by atoms with van der Waals surface area (Å²) in [6.45, 7) is 0. The molecule has 0 atom stereocenters. The Morgan fingerprint density at radius 3 is 3.08 bits per heavy atom. The number of benzene rings is 1. The molecule has 0 amide bonds. The van der Waals surface area contributed by atoms with Crippen LogP contribution < -0.4 is 10.4 Å². The highest BCUT2D eigenvalue weighted by atomic mass is 16.3. The molecule has 0 radical (unpaired) electrons. The first-order valence-corrected chi connectivity index (χ1v) is 4.03. The molecule has 0 aliphatic heterocycles. The molecule has 1 nitrogen and oxygen atoms in total. The van der Waals surface area contributed by atoms with E-state index in [1.807, 2.05) is 30.4 Å². The van der Waals surface area contributed by atoms with E-state index >= 15 is 0 Å². The van der Waals surface area contributed by atoms with Gasteiger partial charge in [0.25, 0.3) is 0 Å². The fraction of sp³-hybridized carbons (Fsp3) is 0.0909. The Labute approximate surface area is 71.0 Å². The largest absolute Gasteiger partial charge is 0.507 e. The number of aromatic hydroxyl groups is 1. The minimum atomic E-state index is 0.368. The minimum Gasteiger partial charge on any atom is -0.507 e. The van der Waals surface area contributed by atoms with E-state index in [0.29, 0.717) is 5.75 Å². The Hall–Kier alpha value is -1.50. The van der Waals surface area contributed by atoms with Gasteiger partial charge in [-0.25, -0.2) is 0 Å². The lowest BCUT2D eigenvalue weighted by Gasteiger charge is -1.92. The van der Waals surface area contributed by atoms with Gasteiger partial charge in [-0.15, -0.1) is 0 Å². The van der Waals surface area contributed by atoms with E-state index in [9.17, 15) is 5.11 Å². The molecule has 0 saturated carbocycles. The molecular weight excluding hydrogens is 148 g/mol. The van der Waals surface area contributed by atoms with Gasteiger partial charge in [-0.2, -0.15) is 0 Å². The van der Waals surface area contributed by atoms with E-state index in [4.69, 9.17) is 0 Å². The molecule has 12 heavy (non-hydrogen) atoms. The number of fused-ring (bicyclic) bond motifs is 1. The third-order valence-corrected chi connectivity index (χ3v) is 1.99. The summed E-state index contributed by atoms with van der Waals surface area (Å²) in [4.78, 5) is 0. The van der Waals surface area contributed by atoms with Crippen molar-refractivity contribution in [2.75, 3.05) is 0 Å². The van der Waals surface area contributed by atoms with Crippen LogP contribution in [0, 0.1) is 0 Å². The van der Waals surface area contributed by atoms with Crippen molar-refractivity contribution in [2.24, 2.45) is 0 Å². The zero-order chi connectivity index (χ0) is 8.39. The van der Waals surface area contributed by atoms with Crippen molar-refractivity contribution in [1.29, 1.82) is 0 Å². The summed E-state index contributed by atoms with van der Waals surface area (Å²) in [5, 5.41) is 11.5. The average molecular weight is 158 g/mol. The molecule has 1 N–H and O–H groups in total. The van der Waals surface area contributed by atoms with Gasteiger partial charge in [-0.1, -0.05) is 36.4 Å². The second-order valence-electron chi connectivity index (χ2n) is 2.81. The summed E-state index contributed by atoms with van der Waals surface area (Å²) >= 11 is 0. The van der Waals surface area contributed by atoms with Crippen LogP contribution in [0.2, 0.25) is 0 Å². The summed E-state index contributed by atoms with van der Waals surface area (Å²) in [6.07, 6.45) is 9.02. The van der Waals surface area contributed by atoms with Gasteiger partial charge < -0.3 is 5.11 Å². The SMILES string of the molecule is Oc1cccc2c1=CCC=CC=2. The Balaban J connectivity index is 2.85. The fourth-order valence-corrected chi connectivity index (χ4v) is 1.37. The molecule has 0 unspecified atom stereocenters. The number of hydrogen-bond donors (Lipinski definition) is 1. The number of hydrogen-bond acceptors (Lipinski definition) is 1. The number of phenols is 1. The second kappa shape index (κ2) is 2.86. The van der Waals surface area contributed by atoms with Crippen molar-refractivity contribution in [2.45, 2.75) is 6.42 Å². The molecule has 60 valence electrons. The van der Waals surface area contributed by atoms with Gasteiger partial charge in [0, 0.05) is 5.22 Å². The molecule has 2 rings (SSSR count). The molecule has 0 aromatic heterocycles. The Bertz CT molecular complexity index is 427. The highest BCUT2D eigenvalue weighted by molar-refractivity contribution is 5.47. The normalized spacial score (nSPS) is 14.0. The van der Waals surface area contributed by atoms with Crippen LogP contribution in [0.15, 0.2) is 30.4 Å². The highest BCUT2D eigenvalue weighted by Crippen LogP contribution is 1.97. The van der Waals surface area contributed by atoms with Crippen LogP contribution in [0.5, 0.6) is 5.75 Å². The smallest absolute Gasteiger partial charge is 0.123 e. The first-order chi connectivity index (χ1) is 5.88. The van der Waals surface area contributed by atoms with E-state index in [0.717, 1.165) is 16.9 Å². The van der Waals surface area contributed by atoms with E-state index in [1.165, 1.54) is 0 Å². The maximum atomic E-state index is 9.50. The lowest BCUT2D eigenvalue weighted by atomic mass is 10.2. The summed E-state index contributed by atoms with van der Waals surface area (Å²) in [7, 11) is 0. The molecule has 0 heterocycles. The number of phenolic OH excluding ortho intramolecular Hbond substituents is 1. The van der Waals surface area contributed by atoms with Crippen LogP contribution in [0.1, 0.15) is 6.42 Å². The number of rotatable bonds is 0. The lowest BCUT2D eigenvalue weighted by Crippen LogP contribution is -2.23. The van der Waals surface area contributed by atoms with Crippen LogP contribution in [0.3, 0.4) is 0 Å². The molecule has 1 aromatic carbocycles. The second-order valence-corrected chi connectivity index (χ2v) is 2.81. The lowest BCUT2D eigenvalue weighted by molar-refractivity contribution is 0.470. The van der Waals surface area contributed by atoms with Crippen molar-refractivity contribution in [3.05, 3.63) is 40.8 Å². The quantitative estimate of drug-likeness (QED) is 0.595. The maximum Gasteiger partial charge on any atom is 0.123 e. The van der Waals surface area contributed by atoms with Gasteiger partial charge in [-0.3, -0.25) is 0 Å². The summed E-state index contributed by atoms with van der Waals surface area (Å²) in [6, 6.07) is 5.58. The number of allylic oxidation sites excluding steroid dienone is 2. The van der Waals surface area contributed by atoms with Crippen LogP contribution in [0.4, 0.5) is 0 Å². The molecule has 0 saturated heterocycles. The zero-order valence-electron chi connectivity index (χ0n) is 6.70. The van der Waals surface area contributed by atoms with Gasteiger partial charge in [0.05, 0.1) is 0 Å². The predicted molar refractivity (Wildman–Crippen MR) is 50.0 cm³/mol. The molecule has 1 aliphatic rings. The molecular formula is C11H10O. The molecule has 1 aromatic rings. The van der Waals surface area contributed by atoms with Crippen LogP contribution in [0.25, 0.3) is 12.2 Å². The standard InChI is InChI=1S/C11H10O/c12-11-8-4-6-9-5-2-1-3-7-10(9)11/h1-2,4-8,12H,3H2. The van der Waals surface area contributed by atoms with Crippen molar-refractivity contribution in [3.8, 4) is 5.75 Å². The highest BCUT2D eigenvalue weighted by Gasteiger charge is 1.92. The summed E-state index contributed by atoms with van der Waals surface area (Å²) in [5.74, 6) is 0.368. The fourth-order valence-electron chi connectivity index (χ4n) is 1.37.